The number of carbonyl (C=O) groups excluding carboxylic acids is 1. The highest BCUT2D eigenvalue weighted by Gasteiger charge is 2.46. The molecule has 5 atom stereocenters. The molecule has 1 aliphatic heterocycles. The Morgan fingerprint density at radius 2 is 2.26 bits per heavy atom. The van der Waals surface area contributed by atoms with Crippen LogP contribution in [0, 0.1) is 5.92 Å². The fourth-order valence-corrected chi connectivity index (χ4v) is 2.62. The summed E-state index contributed by atoms with van der Waals surface area (Å²) in [5.74, 6) is -0.995. The van der Waals surface area contributed by atoms with E-state index in [9.17, 15) is 19.5 Å². The van der Waals surface area contributed by atoms with Crippen LogP contribution in [0.4, 0.5) is 0 Å². The summed E-state index contributed by atoms with van der Waals surface area (Å²) in [6.07, 6.45) is -1.96. The smallest absolute Gasteiger partial charge is 0.330 e. The van der Waals surface area contributed by atoms with E-state index in [-0.39, 0.29) is 12.2 Å². The van der Waals surface area contributed by atoms with E-state index in [2.05, 4.69) is 15.0 Å². The van der Waals surface area contributed by atoms with Crippen molar-refractivity contribution in [1.29, 1.82) is 0 Å². The average molecular weight is 323 g/mol. The Morgan fingerprint density at radius 1 is 1.57 bits per heavy atom. The van der Waals surface area contributed by atoms with E-state index in [1.54, 1.807) is 13.8 Å². The van der Waals surface area contributed by atoms with Gasteiger partial charge in [0, 0.05) is 29.5 Å². The lowest BCUT2D eigenvalue weighted by atomic mass is 9.87. The van der Waals surface area contributed by atoms with Gasteiger partial charge in [-0.1, -0.05) is 19.0 Å². The monoisotopic (exact) mass is 323 g/mol. The van der Waals surface area contributed by atoms with Crippen LogP contribution in [0.3, 0.4) is 0 Å². The van der Waals surface area contributed by atoms with Crippen molar-refractivity contribution in [3.63, 3.8) is 0 Å². The molecule has 5 unspecified atom stereocenters. The number of hydrogen-bond acceptors (Lipinski definition) is 6. The van der Waals surface area contributed by atoms with Crippen molar-refractivity contribution < 1.29 is 14.6 Å². The van der Waals surface area contributed by atoms with E-state index in [1.165, 1.54) is 6.20 Å². The average Bonchev–Trinajstić information content (AvgIpc) is 2.52. The lowest BCUT2D eigenvalue weighted by Gasteiger charge is -2.41. The molecule has 0 amide bonds. The summed E-state index contributed by atoms with van der Waals surface area (Å²) in [4.78, 5) is 39.9. The molecule has 0 aliphatic carbocycles. The first-order valence-corrected chi connectivity index (χ1v) is 7.12. The second-order valence-electron chi connectivity index (χ2n) is 5.33. The molecule has 23 heavy (non-hydrogen) atoms. The molecular weight excluding hydrogens is 306 g/mol. The molecule has 0 saturated carbocycles. The minimum absolute atomic E-state index is 0.121. The molecule has 0 radical (unpaired) electrons. The van der Waals surface area contributed by atoms with Gasteiger partial charge in [-0.05, 0) is 5.53 Å². The second-order valence-corrected chi connectivity index (χ2v) is 5.33. The summed E-state index contributed by atoms with van der Waals surface area (Å²) in [5, 5.41) is 13.8. The molecular formula is C13H17N5O5. The van der Waals surface area contributed by atoms with Gasteiger partial charge in [-0.2, -0.15) is 0 Å². The summed E-state index contributed by atoms with van der Waals surface area (Å²) in [7, 11) is 0. The van der Waals surface area contributed by atoms with Crippen LogP contribution in [0.15, 0.2) is 27.0 Å². The highest BCUT2D eigenvalue weighted by Crippen LogP contribution is 2.34. The first-order valence-electron chi connectivity index (χ1n) is 7.12. The maximum absolute atomic E-state index is 12.1. The van der Waals surface area contributed by atoms with Crippen LogP contribution in [0.5, 0.6) is 0 Å². The first kappa shape index (κ1) is 16.9. The predicted molar refractivity (Wildman–Crippen MR) is 78.6 cm³/mol. The molecule has 1 saturated heterocycles. The Balaban J connectivity index is 2.46. The Morgan fingerprint density at radius 3 is 2.83 bits per heavy atom. The zero-order valence-electron chi connectivity index (χ0n) is 12.6. The first-order chi connectivity index (χ1) is 10.9. The fraction of sp³-hybridized carbons (Fsp3) is 0.615. The maximum atomic E-state index is 12.1. The number of rotatable bonds is 4. The number of H-pyrrole nitrogens is 1. The van der Waals surface area contributed by atoms with Gasteiger partial charge in [-0.25, -0.2) is 4.79 Å². The number of aliphatic hydroxyl groups excluding tert-OH is 1. The molecule has 0 spiro atoms. The van der Waals surface area contributed by atoms with E-state index < -0.39 is 41.6 Å². The summed E-state index contributed by atoms with van der Waals surface area (Å²) < 4.78 is 6.76. The Kier molecular flexibility index (Phi) is 4.99. The summed E-state index contributed by atoms with van der Waals surface area (Å²) in [6, 6.07) is 0.0668. The predicted octanol–water partition coefficient (Wildman–Crippen LogP) is 0.0890. The normalized spacial score (nSPS) is 30.5. The van der Waals surface area contributed by atoms with Gasteiger partial charge in [0.2, 0.25) is 0 Å². The third-order valence-corrected chi connectivity index (χ3v) is 3.91. The van der Waals surface area contributed by atoms with E-state index in [0.717, 1.165) is 10.6 Å². The van der Waals surface area contributed by atoms with Crippen molar-refractivity contribution in [1.82, 2.24) is 9.55 Å². The number of aromatic nitrogens is 2. The van der Waals surface area contributed by atoms with Crippen LogP contribution in [0.2, 0.25) is 0 Å². The lowest BCUT2D eigenvalue weighted by molar-refractivity contribution is -0.183. The van der Waals surface area contributed by atoms with Crippen LogP contribution in [0.1, 0.15) is 26.5 Å². The summed E-state index contributed by atoms with van der Waals surface area (Å²) in [5.41, 5.74) is 7.36. The van der Waals surface area contributed by atoms with Crippen molar-refractivity contribution in [2.24, 2.45) is 11.0 Å². The number of Topliss-reactive ketones (excluding diaryl/α,β-unsaturated/α-hetero) is 1. The molecule has 10 nitrogen and oxygen atoms in total. The Labute approximate surface area is 130 Å². The van der Waals surface area contributed by atoms with Crippen molar-refractivity contribution in [3.8, 4) is 0 Å². The van der Waals surface area contributed by atoms with Crippen LogP contribution in [0.25, 0.3) is 10.4 Å². The zero-order valence-corrected chi connectivity index (χ0v) is 12.6. The van der Waals surface area contributed by atoms with Gasteiger partial charge >= 0.3 is 5.69 Å². The number of nitrogens with one attached hydrogen (secondary N) is 1. The van der Waals surface area contributed by atoms with Crippen molar-refractivity contribution >= 4 is 5.78 Å². The molecule has 124 valence electrons. The van der Waals surface area contributed by atoms with Crippen molar-refractivity contribution in [2.45, 2.75) is 44.7 Å². The molecule has 1 aliphatic rings. The standard InChI is InChI=1S/C13H17N5O5/c1-3-7(19)11-9(16-17-14)10(21)6(2)12(23-11)18-5-4-8(20)15-13(18)22/h4-6,9-12,21H,3H2,1-2H3,(H,15,20,22). The van der Waals surface area contributed by atoms with Crippen molar-refractivity contribution in [2.75, 3.05) is 0 Å². The van der Waals surface area contributed by atoms with E-state index in [1.807, 2.05) is 0 Å². The Hall–Kier alpha value is -2.42. The minimum Gasteiger partial charge on any atom is -0.392 e. The number of aliphatic hydroxyl groups is 1. The topological polar surface area (TPSA) is 150 Å². The summed E-state index contributed by atoms with van der Waals surface area (Å²) in [6.45, 7) is 3.21. The molecule has 1 aromatic rings. The largest absolute Gasteiger partial charge is 0.392 e. The van der Waals surface area contributed by atoms with Crippen LogP contribution in [-0.4, -0.2) is 38.7 Å². The minimum atomic E-state index is -1.18. The molecule has 1 aromatic heterocycles. The van der Waals surface area contributed by atoms with E-state index in [0.29, 0.717) is 0 Å². The third kappa shape index (κ3) is 3.19. The Bertz CT molecular complexity index is 750. The molecule has 2 heterocycles. The molecule has 1 fully saturated rings. The molecule has 10 heteroatoms. The van der Waals surface area contributed by atoms with Gasteiger partial charge in [-0.15, -0.1) is 0 Å². The third-order valence-electron chi connectivity index (χ3n) is 3.91. The molecule has 2 rings (SSSR count). The zero-order chi connectivity index (χ0) is 17.1. The highest BCUT2D eigenvalue weighted by molar-refractivity contribution is 5.83. The van der Waals surface area contributed by atoms with Gasteiger partial charge in [-0.3, -0.25) is 19.1 Å². The SMILES string of the molecule is CCC(=O)C1OC(n2ccc(=O)[nH]c2=O)C(C)C(O)C1N=[N+]=[N-]. The van der Waals surface area contributed by atoms with Gasteiger partial charge in [0.15, 0.2) is 5.78 Å². The highest BCUT2D eigenvalue weighted by atomic mass is 16.5. The molecule has 0 aromatic carbocycles. The lowest BCUT2D eigenvalue weighted by Crippen LogP contribution is -2.55. The number of nitrogens with zero attached hydrogens (tertiary/aromatic N) is 4. The molecule has 0 bridgehead atoms. The van der Waals surface area contributed by atoms with Crippen LogP contribution < -0.4 is 11.2 Å². The van der Waals surface area contributed by atoms with Crippen molar-refractivity contribution in [3.05, 3.63) is 43.5 Å². The number of ether oxygens (including phenoxy) is 1. The van der Waals surface area contributed by atoms with E-state index >= 15 is 0 Å². The van der Waals surface area contributed by atoms with Gasteiger partial charge < -0.3 is 9.84 Å². The van der Waals surface area contributed by atoms with Gasteiger partial charge in [0.05, 0.1) is 12.1 Å². The van der Waals surface area contributed by atoms with Crippen LogP contribution >= 0.6 is 0 Å². The number of aromatic amines is 1. The van der Waals surface area contributed by atoms with Crippen LogP contribution in [-0.2, 0) is 9.53 Å². The van der Waals surface area contributed by atoms with Gasteiger partial charge in [0.1, 0.15) is 12.3 Å². The fourth-order valence-electron chi connectivity index (χ4n) is 2.62. The number of hydrogen-bond donors (Lipinski definition) is 2. The van der Waals surface area contributed by atoms with Gasteiger partial charge in [0.25, 0.3) is 5.56 Å². The number of ketones is 1. The quantitative estimate of drug-likeness (QED) is 0.457. The second kappa shape index (κ2) is 6.78. The van der Waals surface area contributed by atoms with E-state index in [4.69, 9.17) is 10.3 Å². The summed E-state index contributed by atoms with van der Waals surface area (Å²) >= 11 is 0. The number of carbonyl (C=O) groups is 1. The molecule has 2 N–H and O–H groups in total. The number of azide groups is 1. The maximum Gasteiger partial charge on any atom is 0.330 e.